The summed E-state index contributed by atoms with van der Waals surface area (Å²) < 4.78 is 11.7. The van der Waals surface area contributed by atoms with Crippen molar-refractivity contribution in [1.82, 2.24) is 4.90 Å². The first-order chi connectivity index (χ1) is 14.0. The highest BCUT2D eigenvalue weighted by molar-refractivity contribution is 5.70. The summed E-state index contributed by atoms with van der Waals surface area (Å²) in [5.74, 6) is 0.834. The SMILES string of the molecule is CC(C)CCCCCCCCCCC[C@H]1OC(C)(C)N(C(=O)OC(C)(C)C)[C@H]1CO. The largest absolute Gasteiger partial charge is 0.444 e. The Labute approximate surface area is 185 Å². The molecule has 5 nitrogen and oxygen atoms in total. The van der Waals surface area contributed by atoms with Crippen LogP contribution in [0.5, 0.6) is 0 Å². The molecule has 1 fully saturated rings. The van der Waals surface area contributed by atoms with Gasteiger partial charge in [-0.15, -0.1) is 0 Å². The topological polar surface area (TPSA) is 59.0 Å². The Balaban J connectivity index is 2.28. The van der Waals surface area contributed by atoms with E-state index in [1.54, 1.807) is 4.90 Å². The summed E-state index contributed by atoms with van der Waals surface area (Å²) in [6, 6.07) is -0.347. The second kappa shape index (κ2) is 12.9. The molecule has 0 bridgehead atoms. The van der Waals surface area contributed by atoms with Crippen molar-refractivity contribution in [2.45, 2.75) is 143 Å². The number of nitrogens with zero attached hydrogens (tertiary/aromatic N) is 1. The quantitative estimate of drug-likeness (QED) is 0.334. The molecule has 0 aromatic heterocycles. The number of carbonyl (C=O) groups excluding carboxylic acids is 1. The van der Waals surface area contributed by atoms with Gasteiger partial charge in [-0.1, -0.05) is 78.1 Å². The molecule has 0 aromatic carbocycles. The van der Waals surface area contributed by atoms with Gasteiger partial charge in [0, 0.05) is 0 Å². The van der Waals surface area contributed by atoms with Crippen molar-refractivity contribution in [3.8, 4) is 0 Å². The van der Waals surface area contributed by atoms with Gasteiger partial charge in [-0.05, 0) is 47.0 Å². The zero-order chi connectivity index (χ0) is 22.8. The molecule has 0 aromatic rings. The minimum absolute atomic E-state index is 0.107. The van der Waals surface area contributed by atoms with Crippen LogP contribution in [-0.2, 0) is 9.47 Å². The summed E-state index contributed by atoms with van der Waals surface area (Å²) >= 11 is 0. The molecule has 0 radical (unpaired) electrons. The molecule has 1 aliphatic heterocycles. The summed E-state index contributed by atoms with van der Waals surface area (Å²) in [7, 11) is 0. The maximum atomic E-state index is 12.7. The molecule has 5 heteroatoms. The van der Waals surface area contributed by atoms with Crippen molar-refractivity contribution in [3.63, 3.8) is 0 Å². The number of aliphatic hydroxyl groups is 1. The van der Waals surface area contributed by atoms with Crippen LogP contribution < -0.4 is 0 Å². The van der Waals surface area contributed by atoms with Gasteiger partial charge in [-0.25, -0.2) is 4.79 Å². The number of amides is 1. The minimum atomic E-state index is -0.768. The Morgan fingerprint density at radius 1 is 1.00 bits per heavy atom. The Kier molecular flexibility index (Phi) is 11.7. The molecule has 1 heterocycles. The van der Waals surface area contributed by atoms with E-state index in [-0.39, 0.29) is 18.8 Å². The maximum absolute atomic E-state index is 12.7. The summed E-state index contributed by atoms with van der Waals surface area (Å²) in [5, 5.41) is 9.95. The predicted molar refractivity (Wildman–Crippen MR) is 124 cm³/mol. The summed E-state index contributed by atoms with van der Waals surface area (Å²) in [6.45, 7) is 13.8. The molecule has 178 valence electrons. The summed E-state index contributed by atoms with van der Waals surface area (Å²) in [5.41, 5.74) is -1.34. The van der Waals surface area contributed by atoms with E-state index in [4.69, 9.17) is 9.47 Å². The zero-order valence-corrected chi connectivity index (χ0v) is 20.8. The molecular formula is C25H49NO4. The fourth-order valence-electron chi connectivity index (χ4n) is 4.32. The number of carbonyl (C=O) groups is 1. The number of rotatable bonds is 13. The average Bonchev–Trinajstić information content (AvgIpc) is 2.87. The van der Waals surface area contributed by atoms with E-state index in [0.717, 1.165) is 18.8 Å². The third-order valence-electron chi connectivity index (χ3n) is 5.83. The van der Waals surface area contributed by atoms with E-state index in [0.29, 0.717) is 0 Å². The Bertz CT molecular complexity index is 484. The van der Waals surface area contributed by atoms with E-state index in [2.05, 4.69) is 13.8 Å². The van der Waals surface area contributed by atoms with Gasteiger partial charge >= 0.3 is 6.09 Å². The van der Waals surface area contributed by atoms with Crippen molar-refractivity contribution in [2.24, 2.45) is 5.92 Å². The lowest BCUT2D eigenvalue weighted by Crippen LogP contribution is -2.51. The molecule has 0 aliphatic carbocycles. The van der Waals surface area contributed by atoms with Gasteiger partial charge in [0.2, 0.25) is 0 Å². The normalized spacial score (nSPS) is 21.4. The van der Waals surface area contributed by atoms with Crippen molar-refractivity contribution in [3.05, 3.63) is 0 Å². The predicted octanol–water partition coefficient (Wildman–Crippen LogP) is 6.67. The molecule has 1 rings (SSSR count). The number of hydrogen-bond donors (Lipinski definition) is 1. The third-order valence-corrected chi connectivity index (χ3v) is 5.83. The molecular weight excluding hydrogens is 378 g/mol. The lowest BCUT2D eigenvalue weighted by Gasteiger charge is -2.34. The van der Waals surface area contributed by atoms with Crippen LogP contribution in [0.25, 0.3) is 0 Å². The first-order valence-electron chi connectivity index (χ1n) is 12.3. The van der Waals surface area contributed by atoms with Gasteiger partial charge < -0.3 is 14.6 Å². The van der Waals surface area contributed by atoms with Gasteiger partial charge in [0.05, 0.1) is 18.8 Å². The smallest absolute Gasteiger partial charge is 0.412 e. The van der Waals surface area contributed by atoms with Crippen LogP contribution in [0.4, 0.5) is 4.79 Å². The molecule has 1 saturated heterocycles. The second-order valence-electron chi connectivity index (χ2n) is 10.9. The van der Waals surface area contributed by atoms with E-state index >= 15 is 0 Å². The maximum Gasteiger partial charge on any atom is 0.412 e. The van der Waals surface area contributed by atoms with Gasteiger partial charge in [0.15, 0.2) is 0 Å². The standard InChI is InChI=1S/C25H49NO4/c1-20(2)17-15-13-11-9-8-10-12-14-16-18-22-21(19-27)26(25(6,7)29-22)23(28)30-24(3,4)5/h20-22,27H,8-19H2,1-7H3/t21-,22+/m0/s1. The lowest BCUT2D eigenvalue weighted by atomic mass is 10.0. The van der Waals surface area contributed by atoms with E-state index < -0.39 is 17.4 Å². The van der Waals surface area contributed by atoms with Crippen LogP contribution in [-0.4, -0.2) is 46.2 Å². The van der Waals surface area contributed by atoms with E-state index in [1.807, 2.05) is 34.6 Å². The van der Waals surface area contributed by atoms with Crippen molar-refractivity contribution < 1.29 is 19.4 Å². The monoisotopic (exact) mass is 427 g/mol. The molecule has 0 saturated carbocycles. The highest BCUT2D eigenvalue weighted by atomic mass is 16.6. The Morgan fingerprint density at radius 3 is 1.97 bits per heavy atom. The fraction of sp³-hybridized carbons (Fsp3) is 0.960. The summed E-state index contributed by atoms with van der Waals surface area (Å²) in [6.07, 6.45) is 13.3. The molecule has 0 unspecified atom stereocenters. The van der Waals surface area contributed by atoms with Crippen LogP contribution in [0.15, 0.2) is 0 Å². The average molecular weight is 428 g/mol. The highest BCUT2D eigenvalue weighted by Crippen LogP contribution is 2.35. The van der Waals surface area contributed by atoms with Gasteiger partial charge in [-0.2, -0.15) is 0 Å². The first-order valence-corrected chi connectivity index (χ1v) is 12.3. The number of unbranched alkanes of at least 4 members (excludes halogenated alkanes) is 8. The van der Waals surface area contributed by atoms with Gasteiger partial charge in [0.1, 0.15) is 11.3 Å². The van der Waals surface area contributed by atoms with Crippen molar-refractivity contribution in [2.75, 3.05) is 6.61 Å². The molecule has 2 atom stereocenters. The fourth-order valence-corrected chi connectivity index (χ4v) is 4.32. The molecule has 1 N–H and O–H groups in total. The summed E-state index contributed by atoms with van der Waals surface area (Å²) in [4.78, 5) is 14.3. The first kappa shape index (κ1) is 27.2. The van der Waals surface area contributed by atoms with Crippen LogP contribution >= 0.6 is 0 Å². The van der Waals surface area contributed by atoms with Crippen LogP contribution in [0.1, 0.15) is 119 Å². The molecule has 1 aliphatic rings. The van der Waals surface area contributed by atoms with Crippen LogP contribution in [0.3, 0.4) is 0 Å². The van der Waals surface area contributed by atoms with Crippen LogP contribution in [0.2, 0.25) is 0 Å². The zero-order valence-electron chi connectivity index (χ0n) is 20.8. The number of aliphatic hydroxyl groups excluding tert-OH is 1. The Hall–Kier alpha value is -0.810. The highest BCUT2D eigenvalue weighted by Gasteiger charge is 2.50. The molecule has 30 heavy (non-hydrogen) atoms. The van der Waals surface area contributed by atoms with Crippen molar-refractivity contribution >= 4 is 6.09 Å². The van der Waals surface area contributed by atoms with E-state index in [1.165, 1.54) is 57.8 Å². The van der Waals surface area contributed by atoms with Crippen LogP contribution in [0, 0.1) is 5.92 Å². The number of hydrogen-bond acceptors (Lipinski definition) is 4. The number of ether oxygens (including phenoxy) is 2. The van der Waals surface area contributed by atoms with E-state index in [9.17, 15) is 9.90 Å². The van der Waals surface area contributed by atoms with Gasteiger partial charge in [0.25, 0.3) is 0 Å². The lowest BCUT2D eigenvalue weighted by molar-refractivity contribution is -0.0804. The van der Waals surface area contributed by atoms with Crippen molar-refractivity contribution in [1.29, 1.82) is 0 Å². The minimum Gasteiger partial charge on any atom is -0.444 e. The second-order valence-corrected chi connectivity index (χ2v) is 10.9. The molecule has 1 amide bonds. The third kappa shape index (κ3) is 10.00. The van der Waals surface area contributed by atoms with Gasteiger partial charge in [-0.3, -0.25) is 4.90 Å². The Morgan fingerprint density at radius 2 is 1.50 bits per heavy atom. The molecule has 0 spiro atoms.